The van der Waals surface area contributed by atoms with E-state index in [0.29, 0.717) is 0 Å². The van der Waals surface area contributed by atoms with Crippen molar-refractivity contribution in [3.63, 3.8) is 0 Å². The summed E-state index contributed by atoms with van der Waals surface area (Å²) in [7, 11) is 0. The average Bonchev–Trinajstić information content (AvgIpc) is 2.21. The second-order valence-corrected chi connectivity index (χ2v) is 3.82. The Morgan fingerprint density at radius 3 is 1.93 bits per heavy atom. The lowest BCUT2D eigenvalue weighted by molar-refractivity contribution is 0.0419. The zero-order chi connectivity index (χ0) is 10.5. The molecule has 0 rings (SSSR count). The summed E-state index contributed by atoms with van der Waals surface area (Å²) >= 11 is 0. The molecule has 0 radical (unpaired) electrons. The van der Waals surface area contributed by atoms with Crippen LogP contribution in [0, 0.1) is 0 Å². The van der Waals surface area contributed by atoms with Crippen molar-refractivity contribution >= 4 is 0 Å². The van der Waals surface area contributed by atoms with Crippen LogP contribution in [0.1, 0.15) is 65.2 Å². The monoisotopic (exact) mass is 201 g/mol. The lowest BCUT2D eigenvalue weighted by Gasteiger charge is -2.03. The third-order valence-electron chi connectivity index (χ3n) is 2.35. The van der Waals surface area contributed by atoms with Gasteiger partial charge in [0.1, 0.15) is 0 Å². The van der Waals surface area contributed by atoms with Gasteiger partial charge in [-0.05, 0) is 6.42 Å². The van der Waals surface area contributed by atoms with Crippen LogP contribution in [0.15, 0.2) is 0 Å². The van der Waals surface area contributed by atoms with E-state index >= 15 is 0 Å². The van der Waals surface area contributed by atoms with Crippen molar-refractivity contribution in [2.45, 2.75) is 65.2 Å². The van der Waals surface area contributed by atoms with Crippen LogP contribution >= 0.6 is 0 Å². The maximum Gasteiger partial charge on any atom is 0.0682 e. The molecule has 2 nitrogen and oxygen atoms in total. The van der Waals surface area contributed by atoms with Crippen LogP contribution < -0.4 is 5.48 Å². The standard InChI is InChI=1S/C12H27NO/c1-3-5-6-7-8-9-10-11-12-14-13-4-2/h13H,3-12H2,1-2H3. The Hall–Kier alpha value is -0.0800. The fourth-order valence-corrected chi connectivity index (χ4v) is 1.48. The molecule has 0 amide bonds. The molecule has 86 valence electrons. The first-order valence-corrected chi connectivity index (χ1v) is 6.26. The maximum absolute atomic E-state index is 5.18. The highest BCUT2D eigenvalue weighted by Gasteiger charge is 1.91. The largest absolute Gasteiger partial charge is 0.302 e. The Kier molecular flexibility index (Phi) is 12.8. The van der Waals surface area contributed by atoms with Crippen molar-refractivity contribution in [1.82, 2.24) is 5.48 Å². The van der Waals surface area contributed by atoms with Crippen LogP contribution in [0.3, 0.4) is 0 Å². The highest BCUT2D eigenvalue weighted by atomic mass is 16.6. The van der Waals surface area contributed by atoms with Gasteiger partial charge in [0.05, 0.1) is 6.61 Å². The number of nitrogens with one attached hydrogen (secondary N) is 1. The van der Waals surface area contributed by atoms with Crippen molar-refractivity contribution in [1.29, 1.82) is 0 Å². The van der Waals surface area contributed by atoms with Crippen molar-refractivity contribution in [2.75, 3.05) is 13.2 Å². The third-order valence-corrected chi connectivity index (χ3v) is 2.35. The summed E-state index contributed by atoms with van der Waals surface area (Å²) in [5.41, 5.74) is 2.87. The zero-order valence-electron chi connectivity index (χ0n) is 9.98. The molecule has 0 heterocycles. The first-order chi connectivity index (χ1) is 6.91. The molecule has 0 aliphatic heterocycles. The minimum atomic E-state index is 0.864. The molecule has 0 atom stereocenters. The maximum atomic E-state index is 5.18. The van der Waals surface area contributed by atoms with E-state index in [1.54, 1.807) is 0 Å². The molecule has 0 aromatic heterocycles. The molecule has 0 unspecified atom stereocenters. The summed E-state index contributed by atoms with van der Waals surface area (Å²) in [6, 6.07) is 0. The number of unbranched alkanes of at least 4 members (excludes halogenated alkanes) is 7. The first-order valence-electron chi connectivity index (χ1n) is 6.26. The molecule has 0 aromatic rings. The van der Waals surface area contributed by atoms with Crippen LogP contribution in [0.25, 0.3) is 0 Å². The van der Waals surface area contributed by atoms with E-state index in [1.807, 2.05) is 6.92 Å². The van der Waals surface area contributed by atoms with Gasteiger partial charge < -0.3 is 4.84 Å². The SMILES string of the molecule is CCCCCCCCCCONCC. The Labute approximate surface area is 89.4 Å². The van der Waals surface area contributed by atoms with Crippen molar-refractivity contribution < 1.29 is 4.84 Å². The van der Waals surface area contributed by atoms with Crippen LogP contribution in [-0.4, -0.2) is 13.2 Å². The normalized spacial score (nSPS) is 10.7. The van der Waals surface area contributed by atoms with Crippen LogP contribution in [0.5, 0.6) is 0 Å². The Balaban J connectivity index is 2.78. The molecule has 0 aromatic carbocycles. The third kappa shape index (κ3) is 11.9. The van der Waals surface area contributed by atoms with Gasteiger partial charge in [0.2, 0.25) is 0 Å². The van der Waals surface area contributed by atoms with Gasteiger partial charge in [0.25, 0.3) is 0 Å². The summed E-state index contributed by atoms with van der Waals surface area (Å²) in [5, 5.41) is 0. The first kappa shape index (κ1) is 13.9. The minimum absolute atomic E-state index is 0.864. The Bertz CT molecular complexity index is 84.3. The van der Waals surface area contributed by atoms with E-state index < -0.39 is 0 Å². The van der Waals surface area contributed by atoms with Crippen molar-refractivity contribution in [2.24, 2.45) is 0 Å². The molecule has 0 aliphatic carbocycles. The Morgan fingerprint density at radius 2 is 1.36 bits per heavy atom. The molecule has 2 heteroatoms. The van der Waals surface area contributed by atoms with Gasteiger partial charge in [0.15, 0.2) is 0 Å². The lowest BCUT2D eigenvalue weighted by atomic mass is 10.1. The summed E-state index contributed by atoms with van der Waals surface area (Å²) in [5.74, 6) is 0. The molecular weight excluding hydrogens is 174 g/mol. The highest BCUT2D eigenvalue weighted by Crippen LogP contribution is 2.07. The zero-order valence-corrected chi connectivity index (χ0v) is 9.98. The van der Waals surface area contributed by atoms with E-state index in [-0.39, 0.29) is 0 Å². The molecule has 0 fully saturated rings. The predicted octanol–water partition coefficient (Wildman–Crippen LogP) is 3.67. The molecule has 1 N–H and O–H groups in total. The van der Waals surface area contributed by atoms with E-state index in [2.05, 4.69) is 12.4 Å². The molecular formula is C12H27NO. The summed E-state index contributed by atoms with van der Waals surface area (Å²) in [4.78, 5) is 5.18. The molecule has 0 saturated carbocycles. The van der Waals surface area contributed by atoms with Gasteiger partial charge in [-0.1, -0.05) is 58.8 Å². The van der Waals surface area contributed by atoms with Gasteiger partial charge in [-0.3, -0.25) is 0 Å². The average molecular weight is 201 g/mol. The van der Waals surface area contributed by atoms with Crippen LogP contribution in [0.2, 0.25) is 0 Å². The topological polar surface area (TPSA) is 21.3 Å². The second kappa shape index (κ2) is 12.9. The number of hydroxylamine groups is 1. The lowest BCUT2D eigenvalue weighted by Crippen LogP contribution is -2.14. The molecule has 14 heavy (non-hydrogen) atoms. The molecule has 0 bridgehead atoms. The van der Waals surface area contributed by atoms with Crippen molar-refractivity contribution in [3.05, 3.63) is 0 Å². The highest BCUT2D eigenvalue weighted by molar-refractivity contribution is 4.45. The summed E-state index contributed by atoms with van der Waals surface area (Å²) in [6.07, 6.45) is 10.9. The van der Waals surface area contributed by atoms with E-state index in [1.165, 1.54) is 51.4 Å². The quantitative estimate of drug-likeness (QED) is 0.407. The molecule has 0 saturated heterocycles. The molecule has 0 spiro atoms. The van der Waals surface area contributed by atoms with Gasteiger partial charge in [-0.2, -0.15) is 0 Å². The number of hydrogen-bond acceptors (Lipinski definition) is 2. The fourth-order valence-electron chi connectivity index (χ4n) is 1.48. The van der Waals surface area contributed by atoms with Gasteiger partial charge in [-0.15, -0.1) is 0 Å². The summed E-state index contributed by atoms with van der Waals surface area (Å²) in [6.45, 7) is 6.08. The second-order valence-electron chi connectivity index (χ2n) is 3.82. The van der Waals surface area contributed by atoms with Gasteiger partial charge in [-0.25, -0.2) is 5.48 Å². The summed E-state index contributed by atoms with van der Waals surface area (Å²) < 4.78 is 0. The number of hydrogen-bond donors (Lipinski definition) is 1. The van der Waals surface area contributed by atoms with Gasteiger partial charge >= 0.3 is 0 Å². The van der Waals surface area contributed by atoms with E-state index in [9.17, 15) is 0 Å². The van der Waals surface area contributed by atoms with Gasteiger partial charge in [0, 0.05) is 6.54 Å². The van der Waals surface area contributed by atoms with Crippen molar-refractivity contribution in [3.8, 4) is 0 Å². The Morgan fingerprint density at radius 1 is 0.786 bits per heavy atom. The molecule has 0 aliphatic rings. The van der Waals surface area contributed by atoms with Crippen LogP contribution in [-0.2, 0) is 4.84 Å². The fraction of sp³-hybridized carbons (Fsp3) is 1.00. The van der Waals surface area contributed by atoms with E-state index in [0.717, 1.165) is 13.2 Å². The van der Waals surface area contributed by atoms with Crippen LogP contribution in [0.4, 0.5) is 0 Å². The minimum Gasteiger partial charge on any atom is -0.302 e. The number of rotatable bonds is 11. The van der Waals surface area contributed by atoms with E-state index in [4.69, 9.17) is 4.84 Å². The smallest absolute Gasteiger partial charge is 0.0682 e. The predicted molar refractivity (Wildman–Crippen MR) is 62.2 cm³/mol.